The second-order valence-electron chi connectivity index (χ2n) is 7.65. The molecule has 1 fully saturated rings. The number of alkyl halides is 3. The molecule has 1 N–H and O–H groups in total. The Balaban J connectivity index is 1.43. The predicted octanol–water partition coefficient (Wildman–Crippen LogP) is 0.243. The molecule has 3 aromatic rings. The van der Waals surface area contributed by atoms with E-state index < -0.39 is 23.0 Å². The summed E-state index contributed by atoms with van der Waals surface area (Å²) in [5, 5.41) is 2.86. The fourth-order valence-electron chi connectivity index (χ4n) is 3.77. The third kappa shape index (κ3) is 3.85. The zero-order valence-electron chi connectivity index (χ0n) is 17.3. The fourth-order valence-corrected chi connectivity index (χ4v) is 3.77. The van der Waals surface area contributed by atoms with Gasteiger partial charge in [-0.15, -0.1) is 0 Å². The van der Waals surface area contributed by atoms with Crippen molar-refractivity contribution in [2.45, 2.75) is 25.2 Å². The first-order valence-electron chi connectivity index (χ1n) is 9.74. The van der Waals surface area contributed by atoms with Gasteiger partial charge in [-0.3, -0.25) is 18.7 Å². The van der Waals surface area contributed by atoms with Gasteiger partial charge in [0.25, 0.3) is 5.56 Å². The Labute approximate surface area is 178 Å². The van der Waals surface area contributed by atoms with E-state index >= 15 is 0 Å². The number of hydrogen-bond donors (Lipinski definition) is 1. The van der Waals surface area contributed by atoms with Crippen LogP contribution in [0.25, 0.3) is 11.2 Å². The molecule has 1 aliphatic heterocycles. The number of hydrogen-bond acceptors (Lipinski definition) is 6. The number of rotatable bonds is 4. The van der Waals surface area contributed by atoms with Crippen molar-refractivity contribution in [3.63, 3.8) is 0 Å². The lowest BCUT2D eigenvalue weighted by atomic mass is 10.2. The summed E-state index contributed by atoms with van der Waals surface area (Å²) in [5.74, 6) is 0.0483. The average molecular weight is 451 g/mol. The number of nitrogens with zero attached hydrogens (tertiary/aromatic N) is 6. The molecule has 0 saturated carbocycles. The summed E-state index contributed by atoms with van der Waals surface area (Å²) in [6.07, 6.45) is -1.73. The molecule has 170 valence electrons. The lowest BCUT2D eigenvalue weighted by Crippen LogP contribution is -2.40. The lowest BCUT2D eigenvalue weighted by Gasteiger charge is -2.18. The summed E-state index contributed by atoms with van der Waals surface area (Å²) in [4.78, 5) is 46.8. The van der Waals surface area contributed by atoms with Gasteiger partial charge in [0, 0.05) is 39.4 Å². The van der Waals surface area contributed by atoms with Gasteiger partial charge in [-0.25, -0.2) is 14.8 Å². The molecule has 32 heavy (non-hydrogen) atoms. The number of aryl methyl sites for hydroxylation is 1. The van der Waals surface area contributed by atoms with Crippen molar-refractivity contribution in [1.82, 2.24) is 29.0 Å². The molecule has 13 heteroatoms. The quantitative estimate of drug-likeness (QED) is 0.609. The number of halogens is 3. The topological polar surface area (TPSA) is 107 Å². The zero-order chi connectivity index (χ0) is 23.2. The zero-order valence-corrected chi connectivity index (χ0v) is 17.3. The van der Waals surface area contributed by atoms with Crippen molar-refractivity contribution in [1.29, 1.82) is 0 Å². The number of fused-ring (bicyclic) bond motifs is 1. The molecule has 1 amide bonds. The van der Waals surface area contributed by atoms with E-state index in [2.05, 4.69) is 15.3 Å². The smallest absolute Gasteiger partial charge is 0.354 e. The van der Waals surface area contributed by atoms with E-state index in [1.54, 1.807) is 4.90 Å². The van der Waals surface area contributed by atoms with Crippen LogP contribution in [-0.4, -0.2) is 48.7 Å². The monoisotopic (exact) mass is 451 g/mol. The van der Waals surface area contributed by atoms with Crippen molar-refractivity contribution in [3.8, 4) is 0 Å². The Morgan fingerprint density at radius 3 is 2.59 bits per heavy atom. The van der Waals surface area contributed by atoms with Crippen LogP contribution in [0.1, 0.15) is 12.0 Å². The van der Waals surface area contributed by atoms with Crippen LogP contribution in [0.4, 0.5) is 19.0 Å². The van der Waals surface area contributed by atoms with Crippen molar-refractivity contribution < 1.29 is 18.0 Å². The average Bonchev–Trinajstić information content (AvgIpc) is 3.37. The summed E-state index contributed by atoms with van der Waals surface area (Å²) < 4.78 is 41.7. The maximum Gasteiger partial charge on any atom is 0.417 e. The first-order valence-corrected chi connectivity index (χ1v) is 9.74. The number of anilines is 1. The van der Waals surface area contributed by atoms with E-state index in [0.29, 0.717) is 25.3 Å². The van der Waals surface area contributed by atoms with Gasteiger partial charge < -0.3 is 14.8 Å². The van der Waals surface area contributed by atoms with Gasteiger partial charge in [0.15, 0.2) is 11.2 Å². The third-order valence-electron chi connectivity index (χ3n) is 5.48. The summed E-state index contributed by atoms with van der Waals surface area (Å²) >= 11 is 0. The van der Waals surface area contributed by atoms with Crippen LogP contribution in [0.5, 0.6) is 0 Å². The van der Waals surface area contributed by atoms with Crippen LogP contribution >= 0.6 is 0 Å². The lowest BCUT2D eigenvalue weighted by molar-refractivity contribution is -0.137. The summed E-state index contributed by atoms with van der Waals surface area (Å²) in [6.45, 7) is 0.754. The molecule has 1 saturated heterocycles. The highest BCUT2D eigenvalue weighted by molar-refractivity contribution is 5.79. The van der Waals surface area contributed by atoms with Crippen LogP contribution < -0.4 is 21.5 Å². The molecular weight excluding hydrogens is 431 g/mol. The summed E-state index contributed by atoms with van der Waals surface area (Å²) in [7, 11) is 2.84. The first-order chi connectivity index (χ1) is 15.1. The minimum Gasteiger partial charge on any atom is -0.354 e. The number of imidazole rings is 1. The predicted molar refractivity (Wildman–Crippen MR) is 108 cm³/mol. The number of amides is 1. The van der Waals surface area contributed by atoms with Gasteiger partial charge in [0.1, 0.15) is 12.4 Å². The van der Waals surface area contributed by atoms with Crippen molar-refractivity contribution in [3.05, 3.63) is 51.1 Å². The number of pyridine rings is 1. The van der Waals surface area contributed by atoms with Crippen LogP contribution in [-0.2, 0) is 31.6 Å². The van der Waals surface area contributed by atoms with E-state index in [0.717, 1.165) is 16.8 Å². The normalized spacial score (nSPS) is 16.7. The second-order valence-corrected chi connectivity index (χ2v) is 7.65. The van der Waals surface area contributed by atoms with Gasteiger partial charge in [0.05, 0.1) is 11.9 Å². The molecule has 4 heterocycles. The molecule has 0 spiro atoms. The molecular formula is C19H20F3N7O3. The molecule has 0 aromatic carbocycles. The second kappa shape index (κ2) is 7.80. The van der Waals surface area contributed by atoms with Crippen molar-refractivity contribution >= 4 is 22.9 Å². The summed E-state index contributed by atoms with van der Waals surface area (Å²) in [5.41, 5.74) is -1.55. The highest BCUT2D eigenvalue weighted by Gasteiger charge is 2.31. The minimum absolute atomic E-state index is 0.145. The third-order valence-corrected chi connectivity index (χ3v) is 5.48. The largest absolute Gasteiger partial charge is 0.417 e. The number of carbonyl (C=O) groups excluding carboxylic acids is 1. The highest BCUT2D eigenvalue weighted by Crippen LogP contribution is 2.29. The van der Waals surface area contributed by atoms with Gasteiger partial charge in [0.2, 0.25) is 5.91 Å². The van der Waals surface area contributed by atoms with Gasteiger partial charge in [-0.2, -0.15) is 13.2 Å². The molecule has 0 radical (unpaired) electrons. The van der Waals surface area contributed by atoms with Crippen molar-refractivity contribution in [2.24, 2.45) is 14.1 Å². The molecule has 0 aliphatic carbocycles. The fraction of sp³-hybridized carbons (Fsp3) is 0.421. The van der Waals surface area contributed by atoms with Crippen molar-refractivity contribution in [2.75, 3.05) is 18.0 Å². The van der Waals surface area contributed by atoms with E-state index in [4.69, 9.17) is 0 Å². The van der Waals surface area contributed by atoms with E-state index in [1.807, 2.05) is 0 Å². The minimum atomic E-state index is -4.45. The summed E-state index contributed by atoms with van der Waals surface area (Å²) in [6, 6.07) is 2.06. The van der Waals surface area contributed by atoms with Crippen LogP contribution in [0, 0.1) is 0 Å². The van der Waals surface area contributed by atoms with Gasteiger partial charge in [-0.1, -0.05) is 0 Å². The van der Waals surface area contributed by atoms with Crippen LogP contribution in [0.3, 0.4) is 0 Å². The molecule has 1 aliphatic rings. The van der Waals surface area contributed by atoms with Gasteiger partial charge >= 0.3 is 11.9 Å². The molecule has 4 rings (SSSR count). The molecule has 3 aromatic heterocycles. The van der Waals surface area contributed by atoms with E-state index in [9.17, 15) is 27.6 Å². The molecule has 1 unspecified atom stereocenters. The number of aromatic nitrogens is 5. The number of nitrogens with one attached hydrogen (secondary N) is 1. The maximum absolute atomic E-state index is 12.7. The van der Waals surface area contributed by atoms with E-state index in [-0.39, 0.29) is 29.7 Å². The van der Waals surface area contributed by atoms with Crippen LogP contribution in [0.2, 0.25) is 0 Å². The molecule has 0 bridgehead atoms. The van der Waals surface area contributed by atoms with Crippen LogP contribution in [0.15, 0.2) is 34.2 Å². The standard InChI is InChI=1S/C19H20F3N7O3/c1-26-16-15(17(31)27(2)18(26)32)29(10-24-16)9-14(30)25-12-5-6-28(8-12)13-4-3-11(7-23-13)19(20,21)22/h3-4,7,10,12H,5-6,8-9H2,1-2H3,(H,25,30). The highest BCUT2D eigenvalue weighted by atomic mass is 19.4. The Kier molecular flexibility index (Phi) is 5.26. The SMILES string of the molecule is Cn1c(=O)c2c(ncn2CC(=O)NC2CCN(c3ccc(C(F)(F)F)cn3)C2)n(C)c1=O. The van der Waals surface area contributed by atoms with Gasteiger partial charge in [-0.05, 0) is 18.6 Å². The Bertz CT molecular complexity index is 1290. The maximum atomic E-state index is 12.7. The molecule has 1 atom stereocenters. The molecule has 10 nitrogen and oxygen atoms in total. The van der Waals surface area contributed by atoms with E-state index in [1.165, 1.54) is 35.6 Å². The Morgan fingerprint density at radius 2 is 1.94 bits per heavy atom. The Hall–Kier alpha value is -3.64. The first kappa shape index (κ1) is 21.6. The number of carbonyl (C=O) groups is 1. The Morgan fingerprint density at radius 1 is 1.19 bits per heavy atom.